The van der Waals surface area contributed by atoms with Crippen LogP contribution in [0.2, 0.25) is 0 Å². The van der Waals surface area contributed by atoms with Crippen molar-refractivity contribution in [3.05, 3.63) is 89.8 Å². The second-order valence-electron chi connectivity index (χ2n) is 6.55. The molecule has 8 heteroatoms. The first-order chi connectivity index (χ1) is 15.5. The Bertz CT molecular complexity index is 1130. The van der Waals surface area contributed by atoms with Crippen LogP contribution in [0.3, 0.4) is 0 Å². The van der Waals surface area contributed by atoms with E-state index in [4.69, 9.17) is 14.2 Å². The van der Waals surface area contributed by atoms with E-state index >= 15 is 0 Å². The van der Waals surface area contributed by atoms with E-state index < -0.39 is 11.9 Å². The molecule has 0 atom stereocenters. The molecular weight excluding hydrogens is 412 g/mol. The van der Waals surface area contributed by atoms with Gasteiger partial charge in [-0.15, -0.1) is 0 Å². The molecule has 1 N–H and O–H groups in total. The van der Waals surface area contributed by atoms with E-state index in [1.54, 1.807) is 74.0 Å². The number of hydrogen-bond donors (Lipinski definition) is 1. The van der Waals surface area contributed by atoms with Crippen LogP contribution in [0, 0.1) is 0 Å². The zero-order valence-corrected chi connectivity index (χ0v) is 17.8. The second-order valence-corrected chi connectivity index (χ2v) is 6.55. The number of hydrogen-bond acceptors (Lipinski definition) is 7. The third-order valence-corrected chi connectivity index (χ3v) is 4.60. The molecule has 2 aromatic rings. The lowest BCUT2D eigenvalue weighted by Crippen LogP contribution is -2.27. The smallest absolute Gasteiger partial charge is 0.355 e. The molecule has 3 rings (SSSR count). The van der Waals surface area contributed by atoms with E-state index in [9.17, 15) is 14.4 Å². The average Bonchev–Trinajstić information content (AvgIpc) is 3.06. The Morgan fingerprint density at radius 3 is 2.34 bits per heavy atom. The molecule has 1 aliphatic heterocycles. The Labute approximate surface area is 185 Å². The van der Waals surface area contributed by atoms with Gasteiger partial charge in [0.05, 0.1) is 26.9 Å². The lowest BCUT2D eigenvalue weighted by molar-refractivity contribution is -0.139. The van der Waals surface area contributed by atoms with Gasteiger partial charge in [-0.2, -0.15) is 0 Å². The van der Waals surface area contributed by atoms with Gasteiger partial charge < -0.3 is 24.4 Å². The van der Waals surface area contributed by atoms with Crippen LogP contribution in [0.1, 0.15) is 10.4 Å². The number of ether oxygens (including phenoxy) is 3. The summed E-state index contributed by atoms with van der Waals surface area (Å²) in [7, 11) is 3.99. The minimum atomic E-state index is -0.729. The van der Waals surface area contributed by atoms with Gasteiger partial charge in [-0.3, -0.25) is 4.79 Å². The molecule has 32 heavy (non-hydrogen) atoms. The van der Waals surface area contributed by atoms with Crippen LogP contribution in [0.5, 0.6) is 5.75 Å². The van der Waals surface area contributed by atoms with Crippen molar-refractivity contribution in [2.45, 2.75) is 0 Å². The summed E-state index contributed by atoms with van der Waals surface area (Å²) in [6.07, 6.45) is 6.32. The molecule has 164 valence electrons. The average molecular weight is 434 g/mol. The first-order valence-electron chi connectivity index (χ1n) is 9.59. The molecule has 0 spiro atoms. The zero-order chi connectivity index (χ0) is 23.1. The quantitative estimate of drug-likeness (QED) is 0.696. The lowest BCUT2D eigenvalue weighted by atomic mass is 10.1. The van der Waals surface area contributed by atoms with Crippen molar-refractivity contribution >= 4 is 29.2 Å². The van der Waals surface area contributed by atoms with E-state index in [1.807, 2.05) is 0 Å². The summed E-state index contributed by atoms with van der Waals surface area (Å²) in [6.45, 7) is 0. The highest BCUT2D eigenvalue weighted by atomic mass is 16.5. The lowest BCUT2D eigenvalue weighted by Gasteiger charge is -2.23. The summed E-state index contributed by atoms with van der Waals surface area (Å²) >= 11 is 0. The summed E-state index contributed by atoms with van der Waals surface area (Å²) < 4.78 is 14.9. The van der Waals surface area contributed by atoms with Crippen molar-refractivity contribution in [1.29, 1.82) is 0 Å². The maximum absolute atomic E-state index is 12.8. The van der Waals surface area contributed by atoms with Crippen molar-refractivity contribution in [1.82, 2.24) is 0 Å². The molecule has 0 bridgehead atoms. The zero-order valence-electron chi connectivity index (χ0n) is 17.8. The number of esters is 2. The van der Waals surface area contributed by atoms with Crippen LogP contribution >= 0.6 is 0 Å². The van der Waals surface area contributed by atoms with E-state index in [2.05, 4.69) is 5.32 Å². The summed E-state index contributed by atoms with van der Waals surface area (Å²) in [5, 5.41) is 2.81. The van der Waals surface area contributed by atoms with Gasteiger partial charge in [-0.1, -0.05) is 18.2 Å². The van der Waals surface area contributed by atoms with Gasteiger partial charge >= 0.3 is 11.9 Å². The minimum absolute atomic E-state index is 0.0237. The van der Waals surface area contributed by atoms with Gasteiger partial charge in [0.1, 0.15) is 11.4 Å². The Morgan fingerprint density at radius 2 is 1.62 bits per heavy atom. The van der Waals surface area contributed by atoms with Crippen molar-refractivity contribution in [3.63, 3.8) is 0 Å². The molecular formula is C24H22N2O6. The molecule has 1 heterocycles. The SMILES string of the molecule is COC(=O)C1=C(C(=O)OC)N(c2cccc(C(=O)Nc3cccc(OC)c3)c2)C=CC=C1. The van der Waals surface area contributed by atoms with Gasteiger partial charge in [0.2, 0.25) is 0 Å². The second kappa shape index (κ2) is 10.1. The molecule has 1 amide bonds. The fraction of sp³-hybridized carbons (Fsp3) is 0.125. The molecule has 0 aromatic heterocycles. The number of methoxy groups -OCH3 is 3. The highest BCUT2D eigenvalue weighted by Gasteiger charge is 2.27. The first kappa shape index (κ1) is 22.4. The van der Waals surface area contributed by atoms with Crippen LogP contribution in [0.4, 0.5) is 11.4 Å². The molecule has 0 saturated carbocycles. The minimum Gasteiger partial charge on any atom is -0.497 e. The Balaban J connectivity index is 1.98. The number of benzene rings is 2. The van der Waals surface area contributed by atoms with Crippen LogP contribution in [0.25, 0.3) is 0 Å². The summed E-state index contributed by atoms with van der Waals surface area (Å²) in [6, 6.07) is 13.6. The molecule has 1 aliphatic rings. The predicted molar refractivity (Wildman–Crippen MR) is 119 cm³/mol. The normalized spacial score (nSPS) is 12.8. The van der Waals surface area contributed by atoms with Crippen molar-refractivity contribution in [3.8, 4) is 5.75 Å². The van der Waals surface area contributed by atoms with Crippen molar-refractivity contribution < 1.29 is 28.6 Å². The maximum Gasteiger partial charge on any atom is 0.355 e. The summed E-state index contributed by atoms with van der Waals surface area (Å²) in [5.74, 6) is -1.16. The van der Waals surface area contributed by atoms with E-state index in [0.717, 1.165) is 0 Å². The third kappa shape index (κ3) is 4.86. The monoisotopic (exact) mass is 434 g/mol. The fourth-order valence-electron chi connectivity index (χ4n) is 3.07. The number of carbonyl (C=O) groups is 3. The van der Waals surface area contributed by atoms with Crippen LogP contribution < -0.4 is 15.0 Å². The first-order valence-corrected chi connectivity index (χ1v) is 9.59. The van der Waals surface area contributed by atoms with Gasteiger partial charge in [0.15, 0.2) is 0 Å². The van der Waals surface area contributed by atoms with Crippen molar-refractivity contribution in [2.75, 3.05) is 31.5 Å². The molecule has 8 nitrogen and oxygen atoms in total. The molecule has 0 aliphatic carbocycles. The van der Waals surface area contributed by atoms with E-state index in [0.29, 0.717) is 22.7 Å². The molecule has 0 radical (unpaired) electrons. The third-order valence-electron chi connectivity index (χ3n) is 4.60. The molecule has 0 fully saturated rings. The van der Waals surface area contributed by atoms with Gasteiger partial charge in [0, 0.05) is 29.2 Å². The topological polar surface area (TPSA) is 94.2 Å². The summed E-state index contributed by atoms with van der Waals surface area (Å²) in [5.41, 5.74) is 1.39. The van der Waals surface area contributed by atoms with Crippen molar-refractivity contribution in [2.24, 2.45) is 0 Å². The predicted octanol–water partition coefficient (Wildman–Crippen LogP) is 3.44. The van der Waals surface area contributed by atoms with Crippen LogP contribution in [-0.4, -0.2) is 39.2 Å². The largest absolute Gasteiger partial charge is 0.497 e. The van der Waals surface area contributed by atoms with Gasteiger partial charge in [0.25, 0.3) is 5.91 Å². The molecule has 2 aromatic carbocycles. The highest BCUT2D eigenvalue weighted by Crippen LogP contribution is 2.27. The Hall–Kier alpha value is -4.33. The molecule has 0 unspecified atom stereocenters. The number of carbonyl (C=O) groups excluding carboxylic acids is 3. The number of nitrogens with one attached hydrogen (secondary N) is 1. The Morgan fingerprint density at radius 1 is 0.875 bits per heavy atom. The highest BCUT2D eigenvalue weighted by molar-refractivity contribution is 6.07. The number of rotatable bonds is 6. The molecule has 0 saturated heterocycles. The Kier molecular flexibility index (Phi) is 7.07. The number of nitrogens with zero attached hydrogens (tertiary/aromatic N) is 1. The standard InChI is InChI=1S/C24H22N2O6/c1-30-19-11-7-9-17(15-19)25-22(27)16-8-6-10-18(14-16)26-13-5-4-12-20(23(28)31-2)21(26)24(29)32-3/h4-15H,1-3H3,(H,25,27). The van der Waals surface area contributed by atoms with Gasteiger partial charge in [-0.05, 0) is 42.5 Å². The summed E-state index contributed by atoms with van der Waals surface area (Å²) in [4.78, 5) is 39.2. The number of allylic oxidation sites excluding steroid dienone is 2. The van der Waals surface area contributed by atoms with E-state index in [1.165, 1.54) is 25.2 Å². The van der Waals surface area contributed by atoms with Crippen LogP contribution in [0.15, 0.2) is 84.2 Å². The van der Waals surface area contributed by atoms with Gasteiger partial charge in [-0.25, -0.2) is 9.59 Å². The fourth-order valence-corrected chi connectivity index (χ4v) is 3.07. The van der Waals surface area contributed by atoms with Crippen LogP contribution in [-0.2, 0) is 19.1 Å². The van der Waals surface area contributed by atoms with E-state index in [-0.39, 0.29) is 17.2 Å². The number of amides is 1. The number of anilines is 2. The maximum atomic E-state index is 12.8.